The predicted octanol–water partition coefficient (Wildman–Crippen LogP) is 4.00. The minimum atomic E-state index is -0.282. The van der Waals surface area contributed by atoms with E-state index < -0.39 is 0 Å². The third kappa shape index (κ3) is 4.73. The quantitative estimate of drug-likeness (QED) is 0.433. The first-order valence-corrected chi connectivity index (χ1v) is 10.2. The van der Waals surface area contributed by atoms with Crippen molar-refractivity contribution in [2.24, 2.45) is 0 Å². The van der Waals surface area contributed by atoms with Crippen LogP contribution in [0.1, 0.15) is 24.0 Å². The van der Waals surface area contributed by atoms with Crippen LogP contribution in [0.25, 0.3) is 11.1 Å². The minimum Gasteiger partial charge on any atom is -0.383 e. The summed E-state index contributed by atoms with van der Waals surface area (Å²) in [7, 11) is 1.65. The number of hydrogen-bond acceptors (Lipinski definition) is 7. The summed E-state index contributed by atoms with van der Waals surface area (Å²) in [5.41, 5.74) is 10.0. The number of nitrogens with zero attached hydrogens (tertiary/aromatic N) is 5. The number of nitrogens with two attached hydrogens (primary N) is 1. The standard InChI is InChI=1S/C23H24FN7O/c1-15(16-3-5-18(24)6-4-16)22-19(17-12-28-31(14-17)9-10-32-2)11-20(30-23(22)25)29-21-13-26-7-8-27-21/h3-8,11-15H,9-10H2,1-2H3,(H3,25,27,29,30). The van der Waals surface area contributed by atoms with Crippen LogP contribution in [0.15, 0.2) is 61.3 Å². The van der Waals surface area contributed by atoms with E-state index in [-0.39, 0.29) is 11.7 Å². The summed E-state index contributed by atoms with van der Waals surface area (Å²) in [6.07, 6.45) is 8.53. The average Bonchev–Trinajstić information content (AvgIpc) is 3.27. The molecule has 0 aliphatic carbocycles. The van der Waals surface area contributed by atoms with E-state index in [4.69, 9.17) is 10.5 Å². The molecule has 164 valence electrons. The molecule has 0 spiro atoms. The van der Waals surface area contributed by atoms with Gasteiger partial charge in [-0.15, -0.1) is 0 Å². The van der Waals surface area contributed by atoms with Crippen molar-refractivity contribution in [1.82, 2.24) is 24.7 Å². The Hall–Kier alpha value is -3.85. The largest absolute Gasteiger partial charge is 0.383 e. The van der Waals surface area contributed by atoms with Gasteiger partial charge in [-0.2, -0.15) is 5.10 Å². The van der Waals surface area contributed by atoms with Crippen LogP contribution >= 0.6 is 0 Å². The van der Waals surface area contributed by atoms with Gasteiger partial charge in [0.15, 0.2) is 0 Å². The monoisotopic (exact) mass is 433 g/mol. The van der Waals surface area contributed by atoms with Crippen molar-refractivity contribution in [3.8, 4) is 11.1 Å². The first-order valence-electron chi connectivity index (χ1n) is 10.2. The Balaban J connectivity index is 1.78. The van der Waals surface area contributed by atoms with E-state index in [2.05, 4.69) is 25.4 Å². The Bertz CT molecular complexity index is 1180. The summed E-state index contributed by atoms with van der Waals surface area (Å²) in [5.74, 6) is 1.06. The van der Waals surface area contributed by atoms with Gasteiger partial charge in [0.2, 0.25) is 0 Å². The van der Waals surface area contributed by atoms with Crippen LogP contribution in [0.4, 0.5) is 21.8 Å². The Morgan fingerprint density at radius 2 is 1.97 bits per heavy atom. The maximum Gasteiger partial charge on any atom is 0.150 e. The molecule has 0 bridgehead atoms. The number of aromatic nitrogens is 5. The van der Waals surface area contributed by atoms with Crippen molar-refractivity contribution in [1.29, 1.82) is 0 Å². The van der Waals surface area contributed by atoms with E-state index in [9.17, 15) is 4.39 Å². The molecule has 3 aromatic heterocycles. The van der Waals surface area contributed by atoms with Crippen LogP contribution in [-0.4, -0.2) is 38.4 Å². The van der Waals surface area contributed by atoms with Crippen molar-refractivity contribution >= 4 is 17.5 Å². The topological polar surface area (TPSA) is 104 Å². The molecule has 0 saturated heterocycles. The van der Waals surface area contributed by atoms with Crippen LogP contribution < -0.4 is 11.1 Å². The molecule has 8 nitrogen and oxygen atoms in total. The van der Waals surface area contributed by atoms with Crippen molar-refractivity contribution in [3.05, 3.63) is 78.3 Å². The average molecular weight is 433 g/mol. The number of benzene rings is 1. The summed E-state index contributed by atoms with van der Waals surface area (Å²) in [6.45, 7) is 3.21. The first-order chi connectivity index (χ1) is 15.5. The van der Waals surface area contributed by atoms with Gasteiger partial charge in [0, 0.05) is 42.7 Å². The fourth-order valence-corrected chi connectivity index (χ4v) is 3.56. The summed E-state index contributed by atoms with van der Waals surface area (Å²) in [6, 6.07) is 8.33. The minimum absolute atomic E-state index is 0.119. The van der Waals surface area contributed by atoms with Crippen molar-refractivity contribution < 1.29 is 9.13 Å². The highest BCUT2D eigenvalue weighted by molar-refractivity contribution is 5.76. The lowest BCUT2D eigenvalue weighted by atomic mass is 9.88. The van der Waals surface area contributed by atoms with E-state index in [0.717, 1.165) is 22.3 Å². The molecular weight excluding hydrogens is 409 g/mol. The number of ether oxygens (including phenoxy) is 1. The molecular formula is C23H24FN7O. The molecule has 32 heavy (non-hydrogen) atoms. The van der Waals surface area contributed by atoms with Gasteiger partial charge in [0.25, 0.3) is 0 Å². The van der Waals surface area contributed by atoms with Gasteiger partial charge >= 0.3 is 0 Å². The predicted molar refractivity (Wildman–Crippen MR) is 121 cm³/mol. The van der Waals surface area contributed by atoms with Crippen LogP contribution in [0.2, 0.25) is 0 Å². The van der Waals surface area contributed by atoms with E-state index in [1.54, 1.807) is 44.0 Å². The maximum atomic E-state index is 13.5. The van der Waals surface area contributed by atoms with Crippen LogP contribution in [0.3, 0.4) is 0 Å². The lowest BCUT2D eigenvalue weighted by Gasteiger charge is -2.20. The summed E-state index contributed by atoms with van der Waals surface area (Å²) >= 11 is 0. The van der Waals surface area contributed by atoms with Gasteiger partial charge < -0.3 is 15.8 Å². The van der Waals surface area contributed by atoms with Crippen LogP contribution in [-0.2, 0) is 11.3 Å². The number of rotatable bonds is 8. The Labute approximate surface area is 185 Å². The molecule has 1 aromatic carbocycles. The molecule has 3 N–H and O–H groups in total. The molecule has 0 radical (unpaired) electrons. The fourth-order valence-electron chi connectivity index (χ4n) is 3.56. The molecule has 4 rings (SSSR count). The molecule has 3 heterocycles. The number of nitrogens with one attached hydrogen (secondary N) is 1. The lowest BCUT2D eigenvalue weighted by molar-refractivity contribution is 0.183. The molecule has 0 amide bonds. The zero-order chi connectivity index (χ0) is 22.5. The van der Waals surface area contributed by atoms with Gasteiger partial charge in [-0.05, 0) is 29.3 Å². The second-order valence-corrected chi connectivity index (χ2v) is 7.33. The number of nitrogen functional groups attached to an aromatic ring is 1. The van der Waals surface area contributed by atoms with Crippen LogP contribution in [0.5, 0.6) is 0 Å². The molecule has 0 saturated carbocycles. The van der Waals surface area contributed by atoms with Gasteiger partial charge in [0.05, 0.1) is 25.5 Å². The molecule has 1 atom stereocenters. The van der Waals surface area contributed by atoms with Crippen molar-refractivity contribution in [2.45, 2.75) is 19.4 Å². The fraction of sp³-hybridized carbons (Fsp3) is 0.217. The summed E-state index contributed by atoms with van der Waals surface area (Å²) in [5, 5.41) is 7.59. The summed E-state index contributed by atoms with van der Waals surface area (Å²) < 4.78 is 20.4. The van der Waals surface area contributed by atoms with E-state index >= 15 is 0 Å². The van der Waals surface area contributed by atoms with Gasteiger partial charge in [-0.25, -0.2) is 14.4 Å². The zero-order valence-electron chi connectivity index (χ0n) is 17.9. The van der Waals surface area contributed by atoms with Gasteiger partial charge in [-0.1, -0.05) is 19.1 Å². The third-order valence-corrected chi connectivity index (χ3v) is 5.18. The number of methoxy groups -OCH3 is 1. The smallest absolute Gasteiger partial charge is 0.150 e. The first kappa shape index (κ1) is 21.4. The Kier molecular flexibility index (Phi) is 6.37. The van der Waals surface area contributed by atoms with E-state index in [1.807, 2.05) is 23.9 Å². The molecule has 0 aliphatic heterocycles. The zero-order valence-corrected chi connectivity index (χ0v) is 17.9. The third-order valence-electron chi connectivity index (χ3n) is 5.18. The highest BCUT2D eigenvalue weighted by atomic mass is 19.1. The second kappa shape index (κ2) is 9.52. The number of pyridine rings is 1. The Morgan fingerprint density at radius 3 is 2.69 bits per heavy atom. The maximum absolute atomic E-state index is 13.5. The number of anilines is 3. The number of halogens is 1. The second-order valence-electron chi connectivity index (χ2n) is 7.33. The Morgan fingerprint density at radius 1 is 1.16 bits per heavy atom. The molecule has 4 aromatic rings. The number of hydrogen-bond donors (Lipinski definition) is 2. The van der Waals surface area contributed by atoms with Crippen molar-refractivity contribution in [2.75, 3.05) is 24.8 Å². The molecule has 0 fully saturated rings. The highest BCUT2D eigenvalue weighted by Gasteiger charge is 2.21. The molecule has 9 heteroatoms. The van der Waals surface area contributed by atoms with E-state index in [0.29, 0.717) is 30.6 Å². The molecule has 0 aliphatic rings. The summed E-state index contributed by atoms with van der Waals surface area (Å²) in [4.78, 5) is 12.9. The SMILES string of the molecule is COCCn1cc(-c2cc(Nc3cnccn3)nc(N)c2C(C)c2ccc(F)cc2)cn1. The highest BCUT2D eigenvalue weighted by Crippen LogP contribution is 2.38. The molecule has 1 unspecified atom stereocenters. The van der Waals surface area contributed by atoms with Crippen molar-refractivity contribution in [3.63, 3.8) is 0 Å². The van der Waals surface area contributed by atoms with Gasteiger partial charge in [-0.3, -0.25) is 9.67 Å². The van der Waals surface area contributed by atoms with Gasteiger partial charge in [0.1, 0.15) is 23.3 Å². The normalized spacial score (nSPS) is 12.0. The lowest BCUT2D eigenvalue weighted by Crippen LogP contribution is -2.08. The van der Waals surface area contributed by atoms with Crippen LogP contribution in [0, 0.1) is 5.82 Å². The van der Waals surface area contributed by atoms with E-state index in [1.165, 1.54) is 12.1 Å².